The minimum atomic E-state index is -0.202. The molecule has 0 saturated carbocycles. The summed E-state index contributed by atoms with van der Waals surface area (Å²) >= 11 is 5.41. The quantitative estimate of drug-likeness (QED) is 0.177. The Morgan fingerprint density at radius 2 is 1.19 bits per heavy atom. The summed E-state index contributed by atoms with van der Waals surface area (Å²) in [5, 5.41) is 0. The van der Waals surface area contributed by atoms with Crippen molar-refractivity contribution in [3.63, 3.8) is 0 Å². The molecule has 0 bridgehead atoms. The van der Waals surface area contributed by atoms with Crippen LogP contribution in [-0.2, 0) is 9.53 Å². The average Bonchev–Trinajstić information content (AvgIpc) is 2.53. The van der Waals surface area contributed by atoms with Crippen molar-refractivity contribution in [3.05, 3.63) is 0 Å². The van der Waals surface area contributed by atoms with Gasteiger partial charge in [-0.3, -0.25) is 4.79 Å². The molecule has 0 saturated heterocycles. The molecule has 125 valence electrons. The zero-order valence-corrected chi connectivity index (χ0v) is 17.9. The number of hydrogen-bond acceptors (Lipinski definition) is 3. The summed E-state index contributed by atoms with van der Waals surface area (Å²) < 4.78 is 4.97. The topological polar surface area (TPSA) is 26.3 Å². The normalized spacial score (nSPS) is 9.90. The third-order valence-corrected chi connectivity index (χ3v) is 3.65. The van der Waals surface area contributed by atoms with Gasteiger partial charge in [-0.05, 0) is 6.42 Å². The van der Waals surface area contributed by atoms with Gasteiger partial charge in [-0.15, -0.1) is 0 Å². The standard InChI is InChI=1S/C16H32O2S.CH3.Sn/c1-2-3-4-5-6-7-8-9-10-11-12-13-14-18-16(17)15-19;;/h19H,2-15H2,1H3;1H3;. The van der Waals surface area contributed by atoms with Crippen LogP contribution < -0.4 is 0 Å². The van der Waals surface area contributed by atoms with E-state index in [9.17, 15) is 4.79 Å². The molecule has 0 aromatic heterocycles. The summed E-state index contributed by atoms with van der Waals surface area (Å²) in [6.07, 6.45) is 15.9. The number of rotatable bonds is 14. The second-order valence-electron chi connectivity index (χ2n) is 5.27. The minimum absolute atomic E-state index is 0.193. The average molecular weight is 422 g/mol. The Morgan fingerprint density at radius 3 is 1.57 bits per heavy atom. The summed E-state index contributed by atoms with van der Waals surface area (Å²) in [6, 6.07) is 0. The molecule has 0 fully saturated rings. The number of carbonyl (C=O) groups excluding carboxylic acids is 1. The Bertz CT molecular complexity index is 201. The second-order valence-corrected chi connectivity index (χ2v) is 5.58. The van der Waals surface area contributed by atoms with Crippen LogP contribution >= 0.6 is 12.6 Å². The van der Waals surface area contributed by atoms with Crippen LogP contribution in [0.5, 0.6) is 0 Å². The zero-order valence-electron chi connectivity index (χ0n) is 14.2. The molecule has 0 spiro atoms. The molecule has 3 radical (unpaired) electrons. The van der Waals surface area contributed by atoms with Crippen molar-refractivity contribution >= 4 is 41.1 Å². The molecule has 4 heteroatoms. The SMILES string of the molecule is CCCCCCCCCCCCCCOC(=O)CS.[CH3][Sn]. The summed E-state index contributed by atoms with van der Waals surface area (Å²) in [6.45, 7) is 2.83. The fourth-order valence-electron chi connectivity index (χ4n) is 2.17. The van der Waals surface area contributed by atoms with E-state index in [2.05, 4.69) is 24.5 Å². The van der Waals surface area contributed by atoms with Gasteiger partial charge in [0.25, 0.3) is 0 Å². The van der Waals surface area contributed by atoms with Crippen LogP contribution in [0.3, 0.4) is 0 Å². The van der Waals surface area contributed by atoms with Crippen LogP contribution in [0.1, 0.15) is 84.0 Å². The molecule has 0 atom stereocenters. The van der Waals surface area contributed by atoms with Gasteiger partial charge in [-0.1, -0.05) is 77.6 Å². The van der Waals surface area contributed by atoms with E-state index < -0.39 is 0 Å². The Hall–Kier alpha value is 0.619. The number of ether oxygens (including phenoxy) is 1. The summed E-state index contributed by atoms with van der Waals surface area (Å²) in [5.41, 5.74) is 0. The molecule has 21 heavy (non-hydrogen) atoms. The van der Waals surface area contributed by atoms with Crippen LogP contribution in [0.4, 0.5) is 0 Å². The number of esters is 1. The fraction of sp³-hybridized carbons (Fsp3) is 0.941. The first-order valence-electron chi connectivity index (χ1n) is 8.57. The maximum absolute atomic E-state index is 10.8. The first-order chi connectivity index (χ1) is 10.3. The van der Waals surface area contributed by atoms with Gasteiger partial charge in [0.15, 0.2) is 0 Å². The van der Waals surface area contributed by atoms with Crippen LogP contribution in [0.2, 0.25) is 4.94 Å². The van der Waals surface area contributed by atoms with Crippen LogP contribution in [0.15, 0.2) is 0 Å². The van der Waals surface area contributed by atoms with E-state index in [1.54, 1.807) is 22.5 Å². The predicted molar refractivity (Wildman–Crippen MR) is 97.5 cm³/mol. The number of unbranched alkanes of at least 4 members (excludes halogenated alkanes) is 11. The van der Waals surface area contributed by atoms with Crippen molar-refractivity contribution in [2.45, 2.75) is 88.9 Å². The Labute approximate surface area is 151 Å². The molecule has 0 N–H and O–H groups in total. The molecule has 0 heterocycles. The molecule has 2 nitrogen and oxygen atoms in total. The van der Waals surface area contributed by atoms with Crippen molar-refractivity contribution in [1.29, 1.82) is 0 Å². The Kier molecular flexibility index (Phi) is 26.0. The van der Waals surface area contributed by atoms with Gasteiger partial charge in [0, 0.05) is 0 Å². The molecule has 0 aliphatic carbocycles. The molecule has 0 rings (SSSR count). The number of hydrogen-bond donors (Lipinski definition) is 1. The Balaban J connectivity index is 0. The first kappa shape index (κ1) is 23.9. The van der Waals surface area contributed by atoms with Crippen molar-refractivity contribution < 1.29 is 9.53 Å². The van der Waals surface area contributed by atoms with Gasteiger partial charge in [-0.2, -0.15) is 12.6 Å². The van der Waals surface area contributed by atoms with Gasteiger partial charge >= 0.3 is 33.4 Å². The third-order valence-electron chi connectivity index (χ3n) is 3.39. The van der Waals surface area contributed by atoms with Crippen molar-refractivity contribution in [3.8, 4) is 0 Å². The van der Waals surface area contributed by atoms with E-state index in [1.165, 1.54) is 70.6 Å². The van der Waals surface area contributed by atoms with Crippen LogP contribution in [-0.4, -0.2) is 40.9 Å². The summed E-state index contributed by atoms with van der Waals surface area (Å²) in [7, 11) is 0. The summed E-state index contributed by atoms with van der Waals surface area (Å²) in [4.78, 5) is 12.9. The number of carbonyl (C=O) groups is 1. The first-order valence-corrected chi connectivity index (χ1v) is 12.1. The molecule has 0 amide bonds. The molecule has 0 aliphatic heterocycles. The van der Waals surface area contributed by atoms with Gasteiger partial charge in [0.05, 0.1) is 12.4 Å². The zero-order chi connectivity index (χ0) is 16.2. The predicted octanol–water partition coefficient (Wildman–Crippen LogP) is 5.36. The van der Waals surface area contributed by atoms with Gasteiger partial charge < -0.3 is 4.74 Å². The van der Waals surface area contributed by atoms with Gasteiger partial charge in [0.2, 0.25) is 0 Å². The van der Waals surface area contributed by atoms with Crippen LogP contribution in [0.25, 0.3) is 0 Å². The summed E-state index contributed by atoms with van der Waals surface area (Å²) in [5.74, 6) is -0.00969. The van der Waals surface area contributed by atoms with Gasteiger partial charge in [-0.25, -0.2) is 0 Å². The maximum atomic E-state index is 10.8. The van der Waals surface area contributed by atoms with E-state index in [1.807, 2.05) is 0 Å². The monoisotopic (exact) mass is 423 g/mol. The fourth-order valence-corrected chi connectivity index (χ4v) is 2.27. The van der Waals surface area contributed by atoms with E-state index in [0.29, 0.717) is 6.61 Å². The van der Waals surface area contributed by atoms with E-state index in [4.69, 9.17) is 4.74 Å². The van der Waals surface area contributed by atoms with Crippen molar-refractivity contribution in [1.82, 2.24) is 0 Å². The molecule has 0 unspecified atom stereocenters. The number of thiol groups is 1. The molecule has 0 aliphatic rings. The second kappa shape index (κ2) is 22.9. The van der Waals surface area contributed by atoms with Crippen molar-refractivity contribution in [2.24, 2.45) is 0 Å². The Morgan fingerprint density at radius 1 is 0.810 bits per heavy atom. The van der Waals surface area contributed by atoms with E-state index in [0.717, 1.165) is 6.42 Å². The molecule has 0 aromatic rings. The van der Waals surface area contributed by atoms with E-state index >= 15 is 0 Å². The third kappa shape index (κ3) is 23.0. The molecular weight excluding hydrogens is 387 g/mol. The molecular formula is C17H35O2SSn. The van der Waals surface area contributed by atoms with E-state index in [-0.39, 0.29) is 11.7 Å². The molecule has 0 aromatic carbocycles. The van der Waals surface area contributed by atoms with Gasteiger partial charge in [0.1, 0.15) is 0 Å². The van der Waals surface area contributed by atoms with Crippen LogP contribution in [0, 0.1) is 0 Å². The van der Waals surface area contributed by atoms with Crippen molar-refractivity contribution in [2.75, 3.05) is 12.4 Å².